The fourth-order valence-electron chi connectivity index (χ4n) is 1.03. The molecule has 1 atom stereocenters. The predicted octanol–water partition coefficient (Wildman–Crippen LogP) is -0.712. The van der Waals surface area contributed by atoms with E-state index in [0.717, 1.165) is 13.0 Å². The lowest BCUT2D eigenvalue weighted by molar-refractivity contribution is -0.128. The second kappa shape index (κ2) is 2.56. The Bertz CT molecular complexity index is 184. The van der Waals surface area contributed by atoms with Gasteiger partial charge < -0.3 is 10.2 Å². The summed E-state index contributed by atoms with van der Waals surface area (Å²) in [6.45, 7) is 0.748. The van der Waals surface area contributed by atoms with Crippen molar-refractivity contribution in [3.63, 3.8) is 0 Å². The van der Waals surface area contributed by atoms with Crippen LogP contribution in [0.2, 0.25) is 0 Å². The third kappa shape index (κ3) is 1.03. The smallest absolute Gasteiger partial charge is 0.245 e. The average molecular weight is 139 g/mol. The zero-order valence-corrected chi connectivity index (χ0v) is 5.79. The summed E-state index contributed by atoms with van der Waals surface area (Å²) in [4.78, 5) is 12.6. The molecule has 10 heavy (non-hydrogen) atoms. The van der Waals surface area contributed by atoms with E-state index >= 15 is 0 Å². The van der Waals surface area contributed by atoms with Crippen LogP contribution in [-0.2, 0) is 4.79 Å². The highest BCUT2D eigenvalue weighted by Gasteiger charge is 2.28. The van der Waals surface area contributed by atoms with Gasteiger partial charge in [-0.3, -0.25) is 4.79 Å². The van der Waals surface area contributed by atoms with Crippen LogP contribution in [0.15, 0.2) is 0 Å². The zero-order valence-electron chi connectivity index (χ0n) is 5.79. The Morgan fingerprint density at radius 2 is 2.60 bits per heavy atom. The number of nitrogens with one attached hydrogen (secondary N) is 1. The van der Waals surface area contributed by atoms with Gasteiger partial charge in [-0.1, -0.05) is 0 Å². The second-order valence-electron chi connectivity index (χ2n) is 2.36. The van der Waals surface area contributed by atoms with Gasteiger partial charge in [0.05, 0.1) is 0 Å². The molecule has 1 rings (SSSR count). The largest absolute Gasteiger partial charge is 0.344 e. The van der Waals surface area contributed by atoms with Crippen LogP contribution in [0.3, 0.4) is 0 Å². The summed E-state index contributed by atoms with van der Waals surface area (Å²) in [7, 11) is 1.74. The van der Waals surface area contributed by atoms with E-state index in [1.807, 2.05) is 0 Å². The highest BCUT2D eigenvalue weighted by Crippen LogP contribution is 2.07. The average Bonchev–Trinajstić information content (AvgIpc) is 2.20. The van der Waals surface area contributed by atoms with Crippen LogP contribution in [-0.4, -0.2) is 30.4 Å². The molecule has 0 saturated carbocycles. The third-order valence-electron chi connectivity index (χ3n) is 1.67. The normalized spacial score (nSPS) is 24.6. The summed E-state index contributed by atoms with van der Waals surface area (Å²) in [5.74, 6) is 0.0153. The molecule has 0 aromatic heterocycles. The molecule has 0 aliphatic carbocycles. The fraction of sp³-hybridized carbons (Fsp3) is 0.667. The van der Waals surface area contributed by atoms with Gasteiger partial charge in [0.15, 0.2) is 6.19 Å². The van der Waals surface area contributed by atoms with E-state index in [2.05, 4.69) is 5.32 Å². The molecule has 1 heterocycles. The molecule has 54 valence electrons. The predicted molar refractivity (Wildman–Crippen MR) is 34.8 cm³/mol. The van der Waals surface area contributed by atoms with E-state index in [0.29, 0.717) is 0 Å². The first-order chi connectivity index (χ1) is 4.75. The molecule has 1 aliphatic heterocycles. The second-order valence-corrected chi connectivity index (χ2v) is 2.36. The lowest BCUT2D eigenvalue weighted by Gasteiger charge is -2.07. The van der Waals surface area contributed by atoms with Crippen molar-refractivity contribution < 1.29 is 4.79 Å². The van der Waals surface area contributed by atoms with Gasteiger partial charge in [-0.2, -0.15) is 5.26 Å². The Balaban J connectivity index is 2.51. The Kier molecular flexibility index (Phi) is 1.76. The molecule has 1 fully saturated rings. The fourth-order valence-corrected chi connectivity index (χ4v) is 1.03. The standard InChI is InChI=1S/C6H9N3O/c1-9-3-2-5(6(9)10)8-4-7/h5,8H,2-3H2,1H3. The third-order valence-corrected chi connectivity index (χ3v) is 1.67. The molecule has 4 nitrogen and oxygen atoms in total. The van der Waals surface area contributed by atoms with Crippen molar-refractivity contribution in [3.8, 4) is 6.19 Å². The quantitative estimate of drug-likeness (QED) is 0.385. The van der Waals surface area contributed by atoms with E-state index in [4.69, 9.17) is 5.26 Å². The minimum absolute atomic E-state index is 0.0153. The first-order valence-corrected chi connectivity index (χ1v) is 3.15. The molecule has 1 amide bonds. The van der Waals surface area contributed by atoms with Crippen LogP contribution in [0, 0.1) is 11.5 Å². The number of likely N-dealkylation sites (N-methyl/N-ethyl adjacent to an activating group) is 1. The van der Waals surface area contributed by atoms with Gasteiger partial charge in [0.1, 0.15) is 6.04 Å². The van der Waals surface area contributed by atoms with Gasteiger partial charge in [0.25, 0.3) is 0 Å². The van der Waals surface area contributed by atoms with Crippen molar-refractivity contribution in [1.29, 1.82) is 5.26 Å². The number of hydrogen-bond acceptors (Lipinski definition) is 3. The molecule has 1 saturated heterocycles. The maximum absolute atomic E-state index is 11.0. The van der Waals surface area contributed by atoms with Gasteiger partial charge in [0, 0.05) is 13.6 Å². The Morgan fingerprint density at radius 3 is 3.00 bits per heavy atom. The topological polar surface area (TPSA) is 56.1 Å². The molecule has 0 spiro atoms. The lowest BCUT2D eigenvalue weighted by Crippen LogP contribution is -2.33. The van der Waals surface area contributed by atoms with Crippen molar-refractivity contribution in [2.75, 3.05) is 13.6 Å². The van der Waals surface area contributed by atoms with Crippen molar-refractivity contribution in [2.45, 2.75) is 12.5 Å². The molecular formula is C6H9N3O. The van der Waals surface area contributed by atoms with Crippen molar-refractivity contribution in [1.82, 2.24) is 10.2 Å². The number of nitrogens with zero attached hydrogens (tertiary/aromatic N) is 2. The summed E-state index contributed by atoms with van der Waals surface area (Å²) in [6, 6.07) is -0.269. The van der Waals surface area contributed by atoms with Crippen molar-refractivity contribution in [2.24, 2.45) is 0 Å². The molecule has 0 bridgehead atoms. The number of carbonyl (C=O) groups is 1. The number of likely N-dealkylation sites (tertiary alicyclic amines) is 1. The maximum atomic E-state index is 11.0. The van der Waals surface area contributed by atoms with E-state index < -0.39 is 0 Å². The monoisotopic (exact) mass is 139 g/mol. The molecule has 1 aliphatic rings. The minimum atomic E-state index is -0.269. The number of rotatable bonds is 1. The molecule has 0 aromatic carbocycles. The van der Waals surface area contributed by atoms with Crippen LogP contribution >= 0.6 is 0 Å². The number of nitriles is 1. The summed E-state index contributed by atoms with van der Waals surface area (Å²) in [5.41, 5.74) is 0. The minimum Gasteiger partial charge on any atom is -0.344 e. The number of hydrogen-bond donors (Lipinski definition) is 1. The first kappa shape index (κ1) is 6.87. The van der Waals surface area contributed by atoms with Gasteiger partial charge in [-0.25, -0.2) is 0 Å². The van der Waals surface area contributed by atoms with Crippen molar-refractivity contribution in [3.05, 3.63) is 0 Å². The number of carbonyl (C=O) groups excluding carboxylic acids is 1. The van der Waals surface area contributed by atoms with Gasteiger partial charge in [-0.05, 0) is 6.42 Å². The summed E-state index contributed by atoms with van der Waals surface area (Å²) < 4.78 is 0. The van der Waals surface area contributed by atoms with Crippen molar-refractivity contribution >= 4 is 5.91 Å². The molecule has 0 radical (unpaired) electrons. The Hall–Kier alpha value is -1.24. The summed E-state index contributed by atoms with van der Waals surface area (Å²) in [5, 5.41) is 10.6. The van der Waals surface area contributed by atoms with E-state index in [1.54, 1.807) is 18.1 Å². The van der Waals surface area contributed by atoms with Crippen LogP contribution in [0.1, 0.15) is 6.42 Å². The first-order valence-electron chi connectivity index (χ1n) is 3.15. The molecular weight excluding hydrogens is 130 g/mol. The number of amides is 1. The highest BCUT2D eigenvalue weighted by atomic mass is 16.2. The molecule has 1 N–H and O–H groups in total. The molecule has 0 aromatic rings. The maximum Gasteiger partial charge on any atom is 0.245 e. The van der Waals surface area contributed by atoms with Crippen LogP contribution in [0.5, 0.6) is 0 Å². The molecule has 4 heteroatoms. The Morgan fingerprint density at radius 1 is 1.90 bits per heavy atom. The van der Waals surface area contributed by atoms with Gasteiger partial charge in [-0.15, -0.1) is 0 Å². The summed E-state index contributed by atoms with van der Waals surface area (Å²) >= 11 is 0. The van der Waals surface area contributed by atoms with Gasteiger partial charge in [0.2, 0.25) is 5.91 Å². The van der Waals surface area contributed by atoms with Crippen LogP contribution < -0.4 is 5.32 Å². The van der Waals surface area contributed by atoms with E-state index in [1.165, 1.54) is 0 Å². The summed E-state index contributed by atoms with van der Waals surface area (Å²) in [6.07, 6.45) is 2.50. The van der Waals surface area contributed by atoms with Crippen LogP contribution in [0.4, 0.5) is 0 Å². The SMILES string of the molecule is CN1CCC(NC#N)C1=O. The highest BCUT2D eigenvalue weighted by molar-refractivity contribution is 5.83. The lowest BCUT2D eigenvalue weighted by atomic mass is 10.3. The van der Waals surface area contributed by atoms with E-state index in [-0.39, 0.29) is 11.9 Å². The van der Waals surface area contributed by atoms with E-state index in [9.17, 15) is 4.79 Å². The zero-order chi connectivity index (χ0) is 7.56. The Labute approximate surface area is 59.4 Å². The van der Waals surface area contributed by atoms with Gasteiger partial charge >= 0.3 is 0 Å². The molecule has 1 unspecified atom stereocenters. The van der Waals surface area contributed by atoms with Crippen LogP contribution in [0.25, 0.3) is 0 Å².